The van der Waals surface area contributed by atoms with E-state index >= 15 is 0 Å². The first-order valence-corrected chi connectivity index (χ1v) is 1.26. The maximum absolute atomic E-state index is 9.05. The topological polar surface area (TPSA) is 17.1 Å². The van der Waals surface area contributed by atoms with Gasteiger partial charge in [0.1, 0.15) is 0 Å². The predicted molar refractivity (Wildman–Crippen MR) is 16.0 cm³/mol. The Kier molecular flexibility index (Phi) is 16.5. The second kappa shape index (κ2) is 8.87. The normalized spacial score (nSPS) is 5.00. The van der Waals surface area contributed by atoms with E-state index in [0.29, 0.717) is 6.42 Å². The number of hydrogen-bond acceptors (Lipinski definition) is 1. The van der Waals surface area contributed by atoms with Gasteiger partial charge in [-0.1, -0.05) is 6.92 Å². The van der Waals surface area contributed by atoms with Crippen molar-refractivity contribution in [2.24, 2.45) is 0 Å². The van der Waals surface area contributed by atoms with Crippen LogP contribution in [0.5, 0.6) is 0 Å². The van der Waals surface area contributed by atoms with Crippen molar-refractivity contribution in [1.82, 2.24) is 0 Å². The molecule has 0 fully saturated rings. The molecule has 0 spiro atoms. The van der Waals surface area contributed by atoms with Crippen molar-refractivity contribution < 1.29 is 42.1 Å². The molecule has 0 aliphatic heterocycles. The number of carbonyl (C=O) groups excluding carboxylic acids is 1. The van der Waals surface area contributed by atoms with Crippen molar-refractivity contribution in [2.45, 2.75) is 13.3 Å². The van der Waals surface area contributed by atoms with Gasteiger partial charge in [-0.05, 0) is 0 Å². The molecule has 36 valence electrons. The van der Waals surface area contributed by atoms with Crippen LogP contribution in [0, 0.1) is 37.3 Å². The van der Waals surface area contributed by atoms with Crippen LogP contribution >= 0.6 is 0 Å². The van der Waals surface area contributed by atoms with E-state index in [1.807, 2.05) is 0 Å². The van der Waals surface area contributed by atoms with E-state index in [9.17, 15) is 0 Å². The van der Waals surface area contributed by atoms with Crippen LogP contribution in [0.15, 0.2) is 0 Å². The molecule has 0 rings (SSSR count). The largest absolute Gasteiger partial charge is 0.542 e. The van der Waals surface area contributed by atoms with Gasteiger partial charge in [0.2, 0.25) is 0 Å². The van der Waals surface area contributed by atoms with Crippen LogP contribution in [0.1, 0.15) is 13.3 Å². The monoisotopic (exact) mass is 223 g/mol. The molecule has 5 heavy (non-hydrogen) atoms. The van der Waals surface area contributed by atoms with Gasteiger partial charge in [-0.15, -0.1) is 0 Å². The Morgan fingerprint density at radius 1 is 1.80 bits per heavy atom. The predicted octanol–water partition coefficient (Wildman–Crippen LogP) is 0.506. The van der Waals surface area contributed by atoms with E-state index in [1.165, 1.54) is 0 Å². The minimum atomic E-state index is 0. The first kappa shape index (κ1) is 9.32. The summed E-state index contributed by atoms with van der Waals surface area (Å²) in [6, 6.07) is 0. The zero-order chi connectivity index (χ0) is 3.41. The van der Waals surface area contributed by atoms with Crippen molar-refractivity contribution >= 4 is 6.29 Å². The van der Waals surface area contributed by atoms with E-state index < -0.39 is 0 Å². The molecular formula is C3H5ErO-. The Balaban J connectivity index is 0. The molecule has 0 amide bonds. The molecule has 0 unspecified atom stereocenters. The average Bonchev–Trinajstić information content (AvgIpc) is 1.37. The third-order valence-corrected chi connectivity index (χ3v) is 0.144. The zero-order valence-corrected chi connectivity index (χ0v) is 4.76. The van der Waals surface area contributed by atoms with Crippen LogP contribution in [0.2, 0.25) is 0 Å². The maximum Gasteiger partial charge on any atom is 0 e. The minimum Gasteiger partial charge on any atom is -0.542 e. The van der Waals surface area contributed by atoms with Gasteiger partial charge in [-0.25, -0.2) is 0 Å². The molecule has 0 saturated carbocycles. The van der Waals surface area contributed by atoms with Crippen molar-refractivity contribution in [1.29, 1.82) is 0 Å². The van der Waals surface area contributed by atoms with Gasteiger partial charge in [0.05, 0.1) is 0 Å². The fourth-order valence-corrected chi connectivity index (χ4v) is 0. The van der Waals surface area contributed by atoms with E-state index in [-0.39, 0.29) is 37.3 Å². The second-order valence-electron chi connectivity index (χ2n) is 0.498. The summed E-state index contributed by atoms with van der Waals surface area (Å²) in [5.41, 5.74) is 0. The van der Waals surface area contributed by atoms with Crippen molar-refractivity contribution in [3.05, 3.63) is 0 Å². The van der Waals surface area contributed by atoms with Gasteiger partial charge in [0, 0.05) is 37.3 Å². The van der Waals surface area contributed by atoms with E-state index in [4.69, 9.17) is 4.79 Å². The minimum absolute atomic E-state index is 0. The van der Waals surface area contributed by atoms with Crippen LogP contribution in [0.3, 0.4) is 0 Å². The molecule has 0 aromatic heterocycles. The molecule has 0 aliphatic carbocycles. The van der Waals surface area contributed by atoms with Crippen molar-refractivity contribution in [3.8, 4) is 0 Å². The third kappa shape index (κ3) is 11.4. The molecule has 0 atom stereocenters. The van der Waals surface area contributed by atoms with Gasteiger partial charge < -0.3 is 4.79 Å². The number of hydrogen-bond donors (Lipinski definition) is 0. The third-order valence-electron chi connectivity index (χ3n) is 0.144. The van der Waals surface area contributed by atoms with Crippen molar-refractivity contribution in [2.75, 3.05) is 0 Å². The van der Waals surface area contributed by atoms with Gasteiger partial charge >= 0.3 is 0 Å². The molecule has 0 aromatic carbocycles. The first-order valence-electron chi connectivity index (χ1n) is 1.26. The molecule has 0 aromatic rings. The van der Waals surface area contributed by atoms with Crippen LogP contribution in [0.25, 0.3) is 0 Å². The quantitative estimate of drug-likeness (QED) is 0.593. The van der Waals surface area contributed by atoms with E-state index in [2.05, 4.69) is 0 Å². The molecule has 0 aliphatic rings. The van der Waals surface area contributed by atoms with Crippen LogP contribution in [-0.2, 0) is 4.79 Å². The summed E-state index contributed by atoms with van der Waals surface area (Å²) < 4.78 is 0. The van der Waals surface area contributed by atoms with Crippen LogP contribution in [-0.4, -0.2) is 6.29 Å². The summed E-state index contributed by atoms with van der Waals surface area (Å²) in [5.74, 6) is 0. The molecule has 0 N–H and O–H groups in total. The molecule has 1 nitrogen and oxygen atoms in total. The summed E-state index contributed by atoms with van der Waals surface area (Å²) in [5, 5.41) is 0. The van der Waals surface area contributed by atoms with Crippen LogP contribution in [0.4, 0.5) is 0 Å². The van der Waals surface area contributed by atoms with Gasteiger partial charge in [0.25, 0.3) is 0 Å². The summed E-state index contributed by atoms with van der Waals surface area (Å²) >= 11 is 0. The Morgan fingerprint density at radius 3 is 2.00 bits per heavy atom. The van der Waals surface area contributed by atoms with Gasteiger partial charge in [-0.2, -0.15) is 6.42 Å². The number of rotatable bonds is 1. The second-order valence-corrected chi connectivity index (χ2v) is 0.498. The summed E-state index contributed by atoms with van der Waals surface area (Å²) in [6.45, 7) is 1.76. The zero-order valence-electron chi connectivity index (χ0n) is 2.90. The fourth-order valence-electron chi connectivity index (χ4n) is 0. The molecule has 0 heterocycles. The summed E-state index contributed by atoms with van der Waals surface area (Å²) in [6.07, 6.45) is 2.19. The Labute approximate surface area is 61.3 Å². The molecule has 0 saturated heterocycles. The molecular weight excluding hydrogens is 219 g/mol. The molecule has 0 bridgehead atoms. The fraction of sp³-hybridized carbons (Fsp3) is 0.667. The van der Waals surface area contributed by atoms with E-state index in [1.54, 1.807) is 13.2 Å². The molecule has 2 heteroatoms. The maximum atomic E-state index is 9.05. The smallest absolute Gasteiger partial charge is 0 e. The Morgan fingerprint density at radius 2 is 2.00 bits per heavy atom. The van der Waals surface area contributed by atoms with Crippen molar-refractivity contribution in [3.63, 3.8) is 0 Å². The first-order chi connectivity index (χ1) is 1.91. The Hall–Kier alpha value is 0.917. The summed E-state index contributed by atoms with van der Waals surface area (Å²) in [4.78, 5) is 9.05. The average molecular weight is 224 g/mol. The summed E-state index contributed by atoms with van der Waals surface area (Å²) in [7, 11) is 0. The Bertz CT molecular complexity index is 20.9. The standard InChI is InChI=1S/C3H5O.Er/c1-2-3-4;/h2H2,1H3;/q-1;. The molecule has 0 radical (unpaired) electrons. The van der Waals surface area contributed by atoms with Gasteiger partial charge in [-0.3, -0.25) is 6.29 Å². The van der Waals surface area contributed by atoms with Crippen LogP contribution < -0.4 is 0 Å². The SMILES string of the molecule is CC[C-]=O.[Er]. The van der Waals surface area contributed by atoms with E-state index in [0.717, 1.165) is 0 Å². The van der Waals surface area contributed by atoms with Gasteiger partial charge in [0.15, 0.2) is 0 Å².